The van der Waals surface area contributed by atoms with Gasteiger partial charge in [-0.3, -0.25) is 0 Å². The van der Waals surface area contributed by atoms with Crippen molar-refractivity contribution in [2.75, 3.05) is 0 Å². The van der Waals surface area contributed by atoms with Crippen molar-refractivity contribution in [3.05, 3.63) is 30.3 Å². The average molecular weight is 276 g/mol. The van der Waals surface area contributed by atoms with Gasteiger partial charge in [-0.15, -0.1) is 0 Å². The molecule has 0 radical (unpaired) electrons. The molecule has 0 saturated carbocycles. The summed E-state index contributed by atoms with van der Waals surface area (Å²) in [5.74, 6) is -1.05. The summed E-state index contributed by atoms with van der Waals surface area (Å²) < 4.78 is 5.06. The number of fused-ring (bicyclic) bond motifs is 1. The van der Waals surface area contributed by atoms with Crippen LogP contribution in [-0.4, -0.2) is 28.2 Å². The van der Waals surface area contributed by atoms with Crippen LogP contribution in [0, 0.1) is 5.92 Å². The third-order valence-corrected chi connectivity index (χ3v) is 2.91. The van der Waals surface area contributed by atoms with Crippen LogP contribution in [0.1, 0.15) is 13.8 Å². The number of aliphatic carboxylic acids is 1. The molecule has 1 heterocycles. The molecule has 0 saturated heterocycles. The Morgan fingerprint density at radius 1 is 1.30 bits per heavy atom. The second kappa shape index (κ2) is 5.64. The highest BCUT2D eigenvalue weighted by Crippen LogP contribution is 2.19. The standard InChI is InChI=1S/C14H16N2O4/c1-8(2)12(13(17)18)16-14(19)20-11-7-9-5-3-4-6-10(9)15-11/h3-8,12,15H,1-2H3,(H,16,19)(H,17,18)/t12-/m0/s1. The molecule has 3 N–H and O–H groups in total. The van der Waals surface area contributed by atoms with Crippen molar-refractivity contribution in [2.24, 2.45) is 5.92 Å². The molecular weight excluding hydrogens is 260 g/mol. The van der Waals surface area contributed by atoms with E-state index in [2.05, 4.69) is 10.3 Å². The number of aromatic nitrogens is 1. The molecule has 0 fully saturated rings. The van der Waals surface area contributed by atoms with Gasteiger partial charge in [0.05, 0.1) is 0 Å². The van der Waals surface area contributed by atoms with Crippen LogP contribution in [-0.2, 0) is 4.79 Å². The maximum Gasteiger partial charge on any atom is 0.414 e. The molecule has 0 aliphatic rings. The molecule has 0 unspecified atom stereocenters. The van der Waals surface area contributed by atoms with Crippen molar-refractivity contribution in [3.63, 3.8) is 0 Å². The van der Waals surface area contributed by atoms with Gasteiger partial charge in [0.1, 0.15) is 6.04 Å². The summed E-state index contributed by atoms with van der Waals surface area (Å²) in [5.41, 5.74) is 0.842. The molecule has 0 aliphatic carbocycles. The first-order chi connectivity index (χ1) is 9.47. The van der Waals surface area contributed by atoms with Crippen LogP contribution < -0.4 is 10.1 Å². The number of aromatic amines is 1. The summed E-state index contributed by atoms with van der Waals surface area (Å²) in [6, 6.07) is 8.17. The number of carboxylic acid groups (broad SMARTS) is 1. The number of carbonyl (C=O) groups is 2. The molecule has 0 bridgehead atoms. The van der Waals surface area contributed by atoms with Crippen LogP contribution in [0.25, 0.3) is 10.9 Å². The minimum Gasteiger partial charge on any atom is -0.480 e. The molecule has 2 aromatic rings. The molecule has 1 aromatic carbocycles. The summed E-state index contributed by atoms with van der Waals surface area (Å²) in [7, 11) is 0. The highest BCUT2D eigenvalue weighted by molar-refractivity contribution is 5.84. The van der Waals surface area contributed by atoms with E-state index in [4.69, 9.17) is 9.84 Å². The van der Waals surface area contributed by atoms with E-state index in [-0.39, 0.29) is 11.8 Å². The van der Waals surface area contributed by atoms with E-state index in [0.717, 1.165) is 10.9 Å². The lowest BCUT2D eigenvalue weighted by molar-refractivity contribution is -0.140. The number of H-pyrrole nitrogens is 1. The molecule has 0 spiro atoms. The quantitative estimate of drug-likeness (QED) is 0.799. The van der Waals surface area contributed by atoms with E-state index in [1.165, 1.54) is 0 Å². The average Bonchev–Trinajstić information content (AvgIpc) is 2.77. The van der Waals surface area contributed by atoms with E-state index in [0.29, 0.717) is 0 Å². The minimum absolute atomic E-state index is 0.234. The lowest BCUT2D eigenvalue weighted by Gasteiger charge is -2.16. The number of hydrogen-bond donors (Lipinski definition) is 3. The SMILES string of the molecule is CC(C)[C@H](NC(=O)Oc1cc2ccccc2[nH]1)C(=O)O. The topological polar surface area (TPSA) is 91.4 Å². The van der Waals surface area contributed by atoms with Crippen molar-refractivity contribution >= 4 is 23.0 Å². The van der Waals surface area contributed by atoms with E-state index in [1.54, 1.807) is 19.9 Å². The molecule has 1 amide bonds. The zero-order valence-corrected chi connectivity index (χ0v) is 11.2. The highest BCUT2D eigenvalue weighted by Gasteiger charge is 2.24. The third-order valence-electron chi connectivity index (χ3n) is 2.91. The van der Waals surface area contributed by atoms with Gasteiger partial charge in [0.15, 0.2) is 0 Å². The van der Waals surface area contributed by atoms with Crippen LogP contribution in [0.3, 0.4) is 0 Å². The van der Waals surface area contributed by atoms with Crippen LogP contribution in [0.5, 0.6) is 5.88 Å². The Bertz CT molecular complexity index is 600. The van der Waals surface area contributed by atoms with Crippen molar-refractivity contribution in [1.29, 1.82) is 0 Å². The van der Waals surface area contributed by atoms with Crippen molar-refractivity contribution < 1.29 is 19.4 Å². The first-order valence-electron chi connectivity index (χ1n) is 6.26. The third kappa shape index (κ3) is 3.09. The van der Waals surface area contributed by atoms with E-state index < -0.39 is 18.1 Å². The van der Waals surface area contributed by atoms with Crippen LogP contribution in [0.15, 0.2) is 30.3 Å². The largest absolute Gasteiger partial charge is 0.480 e. The summed E-state index contributed by atoms with van der Waals surface area (Å²) in [6.07, 6.45) is -0.794. The number of ether oxygens (including phenoxy) is 1. The Balaban J connectivity index is 2.05. The predicted octanol–water partition coefficient (Wildman–Crippen LogP) is 2.37. The molecule has 1 atom stereocenters. The molecule has 6 nitrogen and oxygen atoms in total. The number of rotatable bonds is 4. The molecule has 2 rings (SSSR count). The summed E-state index contributed by atoms with van der Waals surface area (Å²) in [6.45, 7) is 3.42. The van der Waals surface area contributed by atoms with Gasteiger partial charge in [-0.25, -0.2) is 9.59 Å². The Labute approximate surface area is 115 Å². The summed E-state index contributed by atoms with van der Waals surface area (Å²) in [4.78, 5) is 25.6. The summed E-state index contributed by atoms with van der Waals surface area (Å²) >= 11 is 0. The Morgan fingerprint density at radius 2 is 2.00 bits per heavy atom. The lowest BCUT2D eigenvalue weighted by atomic mass is 10.1. The Kier molecular flexibility index (Phi) is 3.93. The number of para-hydroxylation sites is 1. The van der Waals surface area contributed by atoms with Gasteiger partial charge in [0.25, 0.3) is 0 Å². The van der Waals surface area contributed by atoms with Crippen molar-refractivity contribution in [2.45, 2.75) is 19.9 Å². The van der Waals surface area contributed by atoms with Crippen LogP contribution in [0.4, 0.5) is 4.79 Å². The Hall–Kier alpha value is -2.50. The fourth-order valence-electron chi connectivity index (χ4n) is 1.87. The van der Waals surface area contributed by atoms with E-state index in [1.807, 2.05) is 24.3 Å². The van der Waals surface area contributed by atoms with E-state index in [9.17, 15) is 9.59 Å². The van der Waals surface area contributed by atoms with Crippen molar-refractivity contribution in [1.82, 2.24) is 10.3 Å². The number of nitrogens with one attached hydrogen (secondary N) is 2. The van der Waals surface area contributed by atoms with Crippen molar-refractivity contribution in [3.8, 4) is 5.88 Å². The molecule has 6 heteroatoms. The van der Waals surface area contributed by atoms with E-state index >= 15 is 0 Å². The number of amides is 1. The second-order valence-corrected chi connectivity index (χ2v) is 4.81. The maximum atomic E-state index is 11.7. The van der Waals surface area contributed by atoms with Gasteiger partial charge < -0.3 is 20.1 Å². The molecular formula is C14H16N2O4. The zero-order valence-electron chi connectivity index (χ0n) is 11.2. The van der Waals surface area contributed by atoms with Crippen LogP contribution >= 0.6 is 0 Å². The molecule has 20 heavy (non-hydrogen) atoms. The van der Waals surface area contributed by atoms with Gasteiger partial charge >= 0.3 is 12.1 Å². The lowest BCUT2D eigenvalue weighted by Crippen LogP contribution is -2.45. The zero-order chi connectivity index (χ0) is 14.7. The van der Waals surface area contributed by atoms with Gasteiger partial charge in [-0.05, 0) is 12.0 Å². The molecule has 0 aliphatic heterocycles. The highest BCUT2D eigenvalue weighted by atomic mass is 16.6. The fraction of sp³-hybridized carbons (Fsp3) is 0.286. The number of hydrogen-bond acceptors (Lipinski definition) is 3. The van der Waals surface area contributed by atoms with Gasteiger partial charge in [0.2, 0.25) is 5.88 Å². The minimum atomic E-state index is -1.09. The van der Waals surface area contributed by atoms with Gasteiger partial charge in [0, 0.05) is 17.0 Å². The number of benzene rings is 1. The number of carbonyl (C=O) groups excluding carboxylic acids is 1. The first-order valence-corrected chi connectivity index (χ1v) is 6.26. The fourth-order valence-corrected chi connectivity index (χ4v) is 1.87. The Morgan fingerprint density at radius 3 is 2.60 bits per heavy atom. The summed E-state index contributed by atoms with van der Waals surface area (Å²) in [5, 5.41) is 12.2. The van der Waals surface area contributed by atoms with Crippen LogP contribution in [0.2, 0.25) is 0 Å². The number of carboxylic acids is 1. The molecule has 1 aromatic heterocycles. The maximum absolute atomic E-state index is 11.7. The van der Waals surface area contributed by atoms with Gasteiger partial charge in [-0.2, -0.15) is 0 Å². The monoisotopic (exact) mass is 276 g/mol. The smallest absolute Gasteiger partial charge is 0.414 e. The van der Waals surface area contributed by atoms with Gasteiger partial charge in [-0.1, -0.05) is 32.0 Å². The predicted molar refractivity (Wildman–Crippen MR) is 73.7 cm³/mol. The molecule has 106 valence electrons. The first kappa shape index (κ1) is 13.9. The normalized spacial score (nSPS) is 12.3. The second-order valence-electron chi connectivity index (χ2n) is 4.81.